The molecule has 120 valence electrons. The van der Waals surface area contributed by atoms with Crippen molar-refractivity contribution in [2.24, 2.45) is 5.92 Å². The second-order valence-electron chi connectivity index (χ2n) is 5.94. The van der Waals surface area contributed by atoms with E-state index in [4.69, 9.17) is 0 Å². The summed E-state index contributed by atoms with van der Waals surface area (Å²) in [5.74, 6) is 0.621. The Kier molecular flexibility index (Phi) is 5.78. The maximum atomic E-state index is 12.2. The van der Waals surface area contributed by atoms with Crippen molar-refractivity contribution in [3.05, 3.63) is 12.4 Å². The van der Waals surface area contributed by atoms with Crippen LogP contribution in [0.2, 0.25) is 0 Å². The number of aryl methyl sites for hydroxylation is 1. The summed E-state index contributed by atoms with van der Waals surface area (Å²) in [5.41, 5.74) is 0. The van der Waals surface area contributed by atoms with Gasteiger partial charge in [-0.3, -0.25) is 4.68 Å². The number of aromatic nitrogens is 2. The minimum Gasteiger partial charge on any atom is -0.317 e. The fourth-order valence-electron chi connectivity index (χ4n) is 2.56. The molecule has 21 heavy (non-hydrogen) atoms. The summed E-state index contributed by atoms with van der Waals surface area (Å²) in [6, 6.07) is 0.0894. The van der Waals surface area contributed by atoms with Crippen LogP contribution in [0.25, 0.3) is 0 Å². The first-order chi connectivity index (χ1) is 10.0. The van der Waals surface area contributed by atoms with Gasteiger partial charge in [-0.25, -0.2) is 13.1 Å². The van der Waals surface area contributed by atoms with Crippen LogP contribution >= 0.6 is 0 Å². The van der Waals surface area contributed by atoms with E-state index in [-0.39, 0.29) is 10.9 Å². The van der Waals surface area contributed by atoms with Gasteiger partial charge in [-0.15, -0.1) is 0 Å². The van der Waals surface area contributed by atoms with Crippen LogP contribution in [0.4, 0.5) is 0 Å². The summed E-state index contributed by atoms with van der Waals surface area (Å²) in [5, 5.41) is 7.45. The number of nitrogens with zero attached hydrogens (tertiary/aromatic N) is 2. The third kappa shape index (κ3) is 4.79. The van der Waals surface area contributed by atoms with Crippen molar-refractivity contribution < 1.29 is 8.42 Å². The van der Waals surface area contributed by atoms with Crippen LogP contribution in [0.5, 0.6) is 0 Å². The van der Waals surface area contributed by atoms with Crippen molar-refractivity contribution in [2.45, 2.75) is 57.0 Å². The molecular weight excluding hydrogens is 288 g/mol. The molecular formula is C14H26N4O2S. The zero-order valence-corrected chi connectivity index (χ0v) is 13.7. The largest absolute Gasteiger partial charge is 0.317 e. The van der Waals surface area contributed by atoms with Crippen molar-refractivity contribution in [1.82, 2.24) is 19.8 Å². The fraction of sp³-hybridized carbons (Fsp3) is 0.786. The van der Waals surface area contributed by atoms with E-state index in [1.807, 2.05) is 0 Å². The highest BCUT2D eigenvalue weighted by Gasteiger charge is 2.30. The molecule has 0 unspecified atom stereocenters. The van der Waals surface area contributed by atoms with E-state index in [0.29, 0.717) is 5.92 Å². The molecule has 1 saturated carbocycles. The first-order valence-electron chi connectivity index (χ1n) is 7.76. The molecule has 6 nitrogen and oxygen atoms in total. The Labute approximate surface area is 127 Å². The van der Waals surface area contributed by atoms with Crippen molar-refractivity contribution in [3.63, 3.8) is 0 Å². The Morgan fingerprint density at radius 2 is 2.14 bits per heavy atom. The maximum Gasteiger partial charge on any atom is 0.243 e. The van der Waals surface area contributed by atoms with E-state index >= 15 is 0 Å². The van der Waals surface area contributed by atoms with Crippen molar-refractivity contribution in [2.75, 3.05) is 13.1 Å². The fourth-order valence-corrected chi connectivity index (χ4v) is 3.77. The molecule has 2 rings (SSSR count). The molecule has 1 aromatic heterocycles. The summed E-state index contributed by atoms with van der Waals surface area (Å²) >= 11 is 0. The van der Waals surface area contributed by atoms with Gasteiger partial charge < -0.3 is 5.32 Å². The van der Waals surface area contributed by atoms with E-state index in [0.717, 1.165) is 45.3 Å². The molecule has 0 spiro atoms. The number of rotatable bonds is 9. The molecule has 1 aliphatic carbocycles. The van der Waals surface area contributed by atoms with Crippen molar-refractivity contribution in [3.8, 4) is 0 Å². The highest BCUT2D eigenvalue weighted by Crippen LogP contribution is 2.27. The Morgan fingerprint density at radius 3 is 2.81 bits per heavy atom. The van der Waals surface area contributed by atoms with Gasteiger partial charge in [0.2, 0.25) is 10.0 Å². The number of hydrogen-bond acceptors (Lipinski definition) is 4. The molecule has 0 amide bonds. The molecule has 1 aromatic rings. The third-order valence-electron chi connectivity index (χ3n) is 3.78. The van der Waals surface area contributed by atoms with E-state index in [2.05, 4.69) is 29.0 Å². The lowest BCUT2D eigenvalue weighted by atomic mass is 9.83. The van der Waals surface area contributed by atoms with Gasteiger partial charge in [0, 0.05) is 18.8 Å². The maximum absolute atomic E-state index is 12.2. The number of sulfonamides is 1. The molecule has 0 bridgehead atoms. The molecule has 0 aromatic carbocycles. The minimum absolute atomic E-state index is 0.0894. The van der Waals surface area contributed by atoms with Crippen LogP contribution in [0.15, 0.2) is 17.3 Å². The lowest BCUT2D eigenvalue weighted by Gasteiger charge is -2.32. The van der Waals surface area contributed by atoms with E-state index in [9.17, 15) is 8.42 Å². The number of nitrogens with one attached hydrogen (secondary N) is 2. The monoisotopic (exact) mass is 314 g/mol. The topological polar surface area (TPSA) is 76.0 Å². The first kappa shape index (κ1) is 16.5. The molecule has 1 fully saturated rings. The molecule has 1 aliphatic rings. The van der Waals surface area contributed by atoms with Gasteiger partial charge in [0.15, 0.2) is 0 Å². The second-order valence-corrected chi connectivity index (χ2v) is 7.65. The Bertz CT molecular complexity index is 535. The van der Waals surface area contributed by atoms with Crippen molar-refractivity contribution in [1.29, 1.82) is 0 Å². The quantitative estimate of drug-likeness (QED) is 0.675. The lowest BCUT2D eigenvalue weighted by Crippen LogP contribution is -2.43. The third-order valence-corrected chi connectivity index (χ3v) is 5.26. The Balaban J connectivity index is 1.81. The molecule has 7 heteroatoms. The van der Waals surface area contributed by atoms with Crippen LogP contribution < -0.4 is 10.0 Å². The zero-order valence-electron chi connectivity index (χ0n) is 12.9. The standard InChI is InChI=1S/C14H26N4O2S/c1-3-5-15-6-4-7-18-11-14(10-16-18)21(19,20)17-13-8-12(2)9-13/h10-13,15,17H,3-9H2,1-2H3. The lowest BCUT2D eigenvalue weighted by molar-refractivity contribution is 0.270. The van der Waals surface area contributed by atoms with E-state index in [1.54, 1.807) is 10.9 Å². The van der Waals surface area contributed by atoms with Gasteiger partial charge >= 0.3 is 0 Å². The van der Waals surface area contributed by atoms with Crippen LogP contribution in [0.1, 0.15) is 39.5 Å². The van der Waals surface area contributed by atoms with Gasteiger partial charge in [-0.05, 0) is 44.7 Å². The summed E-state index contributed by atoms with van der Waals surface area (Å²) in [7, 11) is -3.41. The highest BCUT2D eigenvalue weighted by molar-refractivity contribution is 7.89. The molecule has 1 heterocycles. The van der Waals surface area contributed by atoms with Gasteiger partial charge in [-0.2, -0.15) is 5.10 Å². The van der Waals surface area contributed by atoms with Gasteiger partial charge in [0.25, 0.3) is 0 Å². The summed E-state index contributed by atoms with van der Waals surface area (Å²) in [6.45, 7) is 6.94. The average Bonchev–Trinajstić information content (AvgIpc) is 2.86. The second kappa shape index (κ2) is 7.38. The molecule has 0 aliphatic heterocycles. The van der Waals surface area contributed by atoms with Crippen LogP contribution in [0.3, 0.4) is 0 Å². The van der Waals surface area contributed by atoms with Gasteiger partial charge in [-0.1, -0.05) is 13.8 Å². The van der Waals surface area contributed by atoms with E-state index in [1.165, 1.54) is 6.20 Å². The highest BCUT2D eigenvalue weighted by atomic mass is 32.2. The molecule has 0 saturated heterocycles. The normalized spacial score (nSPS) is 22.2. The Morgan fingerprint density at radius 1 is 1.38 bits per heavy atom. The van der Waals surface area contributed by atoms with Crippen molar-refractivity contribution >= 4 is 10.0 Å². The summed E-state index contributed by atoms with van der Waals surface area (Å²) in [6.07, 6.45) is 6.96. The van der Waals surface area contributed by atoms with Crippen LogP contribution in [-0.4, -0.2) is 37.3 Å². The number of hydrogen-bond donors (Lipinski definition) is 2. The smallest absolute Gasteiger partial charge is 0.243 e. The van der Waals surface area contributed by atoms with Gasteiger partial charge in [0.1, 0.15) is 4.90 Å². The summed E-state index contributed by atoms with van der Waals surface area (Å²) < 4.78 is 28.8. The minimum atomic E-state index is -3.41. The predicted molar refractivity (Wildman–Crippen MR) is 82.5 cm³/mol. The Hall–Kier alpha value is -0.920. The SMILES string of the molecule is CCCNCCCn1cc(S(=O)(=O)NC2CC(C)C2)cn1. The first-order valence-corrected chi connectivity index (χ1v) is 9.25. The average molecular weight is 314 g/mol. The van der Waals surface area contributed by atoms with Crippen LogP contribution in [0, 0.1) is 5.92 Å². The molecule has 0 atom stereocenters. The van der Waals surface area contributed by atoms with Crippen LogP contribution in [-0.2, 0) is 16.6 Å². The molecule has 2 N–H and O–H groups in total. The molecule has 0 radical (unpaired) electrons. The summed E-state index contributed by atoms with van der Waals surface area (Å²) in [4.78, 5) is 0.267. The van der Waals surface area contributed by atoms with Gasteiger partial charge in [0.05, 0.1) is 6.20 Å². The predicted octanol–water partition coefficient (Wildman–Crippen LogP) is 1.35. The zero-order chi connectivity index (χ0) is 15.3. The van der Waals surface area contributed by atoms with E-state index < -0.39 is 10.0 Å².